The summed E-state index contributed by atoms with van der Waals surface area (Å²) in [4.78, 5) is 12.3. The molecule has 90 valence electrons. The second kappa shape index (κ2) is 6.64. The van der Waals surface area contributed by atoms with Gasteiger partial charge in [0.15, 0.2) is 0 Å². The lowest BCUT2D eigenvalue weighted by molar-refractivity contribution is -0.137. The van der Waals surface area contributed by atoms with Crippen LogP contribution in [0.3, 0.4) is 0 Å². The predicted octanol–water partition coefficient (Wildman–Crippen LogP) is 2.81. The summed E-state index contributed by atoms with van der Waals surface area (Å²) in [5.41, 5.74) is 5.92. The normalized spacial score (nSPS) is 14.5. The summed E-state index contributed by atoms with van der Waals surface area (Å²) in [5.74, 6) is 0.115. The highest BCUT2D eigenvalue weighted by Gasteiger charge is 2.20. The van der Waals surface area contributed by atoms with Crippen LogP contribution >= 0.6 is 39.0 Å². The van der Waals surface area contributed by atoms with E-state index in [2.05, 4.69) is 20.7 Å². The Morgan fingerprint density at radius 1 is 1.69 bits per heavy atom. The Hall–Kier alpha value is -0.0400. The molecule has 0 aliphatic heterocycles. The second-order valence-corrected chi connectivity index (χ2v) is 6.93. The van der Waals surface area contributed by atoms with E-state index in [-0.39, 0.29) is 17.3 Å². The zero-order valence-corrected chi connectivity index (χ0v) is 12.3. The highest BCUT2D eigenvalue weighted by Crippen LogP contribution is 2.37. The number of thiophene rings is 1. The lowest BCUT2D eigenvalue weighted by Gasteiger charge is -2.18. The van der Waals surface area contributed by atoms with Crippen molar-refractivity contribution in [3.63, 3.8) is 0 Å². The summed E-state index contributed by atoms with van der Waals surface area (Å²) in [5, 5.41) is 0.135. The molecule has 0 spiro atoms. The van der Waals surface area contributed by atoms with Crippen molar-refractivity contribution < 1.29 is 9.53 Å². The number of ether oxygens (including phenoxy) is 1. The van der Waals surface area contributed by atoms with Crippen molar-refractivity contribution >= 4 is 45.0 Å². The maximum atomic E-state index is 11.1. The maximum absolute atomic E-state index is 11.1. The van der Waals surface area contributed by atoms with E-state index in [0.717, 1.165) is 3.79 Å². The number of rotatable bonds is 5. The third-order valence-electron chi connectivity index (χ3n) is 1.96. The number of methoxy groups -OCH3 is 1. The van der Waals surface area contributed by atoms with Gasteiger partial charge in [-0.2, -0.15) is 0 Å². The molecule has 16 heavy (non-hydrogen) atoms. The van der Waals surface area contributed by atoms with Gasteiger partial charge in [0.25, 0.3) is 0 Å². The molecule has 0 saturated heterocycles. The first-order chi connectivity index (χ1) is 7.54. The minimum absolute atomic E-state index is 0.000191. The van der Waals surface area contributed by atoms with Gasteiger partial charge in [-0.25, -0.2) is 0 Å². The molecule has 1 heterocycles. The van der Waals surface area contributed by atoms with E-state index in [0.29, 0.717) is 5.75 Å². The van der Waals surface area contributed by atoms with Crippen molar-refractivity contribution in [3.05, 3.63) is 20.8 Å². The zero-order valence-electron chi connectivity index (χ0n) is 9.10. The van der Waals surface area contributed by atoms with Crippen LogP contribution in [-0.2, 0) is 9.53 Å². The van der Waals surface area contributed by atoms with Gasteiger partial charge in [0.2, 0.25) is 0 Å². The number of nitrogens with two attached hydrogens (primary N) is 1. The first-order valence-corrected chi connectivity index (χ1v) is 7.39. The molecule has 6 heteroatoms. The first-order valence-electron chi connectivity index (χ1n) is 4.74. The van der Waals surface area contributed by atoms with Crippen LogP contribution in [0.1, 0.15) is 17.1 Å². The highest BCUT2D eigenvalue weighted by atomic mass is 79.9. The molecule has 2 atom stereocenters. The minimum Gasteiger partial charge on any atom is -0.468 e. The monoisotopic (exact) mass is 323 g/mol. The molecule has 0 aromatic carbocycles. The van der Waals surface area contributed by atoms with Gasteiger partial charge in [-0.3, -0.25) is 4.79 Å². The van der Waals surface area contributed by atoms with Gasteiger partial charge in [-0.05, 0) is 35.0 Å². The van der Waals surface area contributed by atoms with Gasteiger partial charge >= 0.3 is 5.97 Å². The number of hydrogen-bond acceptors (Lipinski definition) is 5. The lowest BCUT2D eigenvalue weighted by atomic mass is 10.2. The average molecular weight is 324 g/mol. The Kier molecular flexibility index (Phi) is 5.82. The first kappa shape index (κ1) is 14.0. The van der Waals surface area contributed by atoms with E-state index < -0.39 is 0 Å². The van der Waals surface area contributed by atoms with Gasteiger partial charge in [0.05, 0.1) is 21.9 Å². The fraction of sp³-hybridized carbons (Fsp3) is 0.500. The van der Waals surface area contributed by atoms with Crippen molar-refractivity contribution in [2.24, 2.45) is 5.73 Å². The molecular formula is C10H14BrNO2S2. The van der Waals surface area contributed by atoms with Crippen molar-refractivity contribution in [2.45, 2.75) is 18.2 Å². The summed E-state index contributed by atoms with van der Waals surface area (Å²) < 4.78 is 5.69. The molecule has 0 saturated carbocycles. The summed E-state index contributed by atoms with van der Waals surface area (Å²) in [7, 11) is 1.39. The number of carbonyl (C=O) groups is 1. The van der Waals surface area contributed by atoms with Gasteiger partial charge in [-0.15, -0.1) is 23.1 Å². The number of carbonyl (C=O) groups excluding carboxylic acids is 1. The topological polar surface area (TPSA) is 52.3 Å². The van der Waals surface area contributed by atoms with Crippen molar-refractivity contribution in [1.29, 1.82) is 0 Å². The van der Waals surface area contributed by atoms with Crippen molar-refractivity contribution in [1.82, 2.24) is 0 Å². The molecule has 0 aliphatic carbocycles. The van der Waals surface area contributed by atoms with Gasteiger partial charge in [0.1, 0.15) is 0 Å². The van der Waals surface area contributed by atoms with E-state index in [1.165, 1.54) is 23.7 Å². The van der Waals surface area contributed by atoms with E-state index >= 15 is 0 Å². The molecule has 1 rings (SSSR count). The van der Waals surface area contributed by atoms with Crippen LogP contribution in [0.15, 0.2) is 15.9 Å². The van der Waals surface area contributed by atoms with E-state index in [9.17, 15) is 4.79 Å². The predicted molar refractivity (Wildman–Crippen MR) is 72.9 cm³/mol. The third-order valence-corrected chi connectivity index (χ3v) is 5.26. The van der Waals surface area contributed by atoms with E-state index in [1.54, 1.807) is 11.3 Å². The van der Waals surface area contributed by atoms with Gasteiger partial charge in [-0.1, -0.05) is 0 Å². The fourth-order valence-corrected chi connectivity index (χ4v) is 4.04. The Morgan fingerprint density at radius 3 is 2.81 bits per heavy atom. The van der Waals surface area contributed by atoms with Crippen LogP contribution in [0, 0.1) is 0 Å². The number of esters is 1. The smallest absolute Gasteiger partial charge is 0.315 e. The van der Waals surface area contributed by atoms with Crippen LogP contribution in [0.2, 0.25) is 0 Å². The summed E-state index contributed by atoms with van der Waals surface area (Å²) in [6.45, 7) is 1.95. The number of thioether (sulfide) groups is 1. The molecule has 0 radical (unpaired) electrons. The molecule has 0 amide bonds. The Bertz CT molecular complexity index is 354. The van der Waals surface area contributed by atoms with Crippen LogP contribution in [-0.4, -0.2) is 24.9 Å². The van der Waals surface area contributed by atoms with Gasteiger partial charge < -0.3 is 10.5 Å². The SMILES string of the molecule is COC(=O)CSC(c1ccc(Br)s1)C(C)N. The number of hydrogen-bond donors (Lipinski definition) is 1. The maximum Gasteiger partial charge on any atom is 0.315 e. The van der Waals surface area contributed by atoms with Crippen molar-refractivity contribution in [2.75, 3.05) is 12.9 Å². The molecule has 1 aromatic heterocycles. The van der Waals surface area contributed by atoms with Crippen LogP contribution < -0.4 is 5.73 Å². The largest absolute Gasteiger partial charge is 0.468 e. The zero-order chi connectivity index (χ0) is 12.1. The summed E-state index contributed by atoms with van der Waals surface area (Å²) in [6.07, 6.45) is 0. The van der Waals surface area contributed by atoms with Gasteiger partial charge in [0, 0.05) is 10.9 Å². The molecule has 3 nitrogen and oxygen atoms in total. The molecule has 0 bridgehead atoms. The Balaban J connectivity index is 2.65. The van der Waals surface area contributed by atoms with Crippen LogP contribution in [0.25, 0.3) is 0 Å². The summed E-state index contributed by atoms with van der Waals surface area (Å²) >= 11 is 6.59. The molecule has 0 aliphatic rings. The Labute approximate surface area is 112 Å². The molecule has 1 aromatic rings. The quantitative estimate of drug-likeness (QED) is 0.846. The van der Waals surface area contributed by atoms with E-state index in [1.807, 2.05) is 19.1 Å². The molecular weight excluding hydrogens is 310 g/mol. The lowest BCUT2D eigenvalue weighted by Crippen LogP contribution is -2.23. The highest BCUT2D eigenvalue weighted by molar-refractivity contribution is 9.11. The van der Waals surface area contributed by atoms with Crippen LogP contribution in [0.5, 0.6) is 0 Å². The molecule has 0 fully saturated rings. The van der Waals surface area contributed by atoms with Crippen LogP contribution in [0.4, 0.5) is 0 Å². The average Bonchev–Trinajstić information content (AvgIpc) is 2.64. The summed E-state index contributed by atoms with van der Waals surface area (Å²) in [6, 6.07) is 4.03. The Morgan fingerprint density at radius 2 is 2.38 bits per heavy atom. The molecule has 2 unspecified atom stereocenters. The molecule has 2 N–H and O–H groups in total. The second-order valence-electron chi connectivity index (χ2n) is 3.31. The number of halogens is 1. The van der Waals surface area contributed by atoms with E-state index in [4.69, 9.17) is 5.73 Å². The standard InChI is InChI=1S/C10H14BrNO2S2/c1-6(12)10(15-5-9(13)14-2)7-3-4-8(11)16-7/h3-4,6,10H,5,12H2,1-2H3. The third kappa shape index (κ3) is 4.08. The fourth-order valence-electron chi connectivity index (χ4n) is 1.19. The minimum atomic E-state index is -0.216. The van der Waals surface area contributed by atoms with Crippen molar-refractivity contribution in [3.8, 4) is 0 Å².